The molecule has 110 valence electrons. The molecule has 20 heavy (non-hydrogen) atoms. The van der Waals surface area contributed by atoms with E-state index >= 15 is 0 Å². The van der Waals surface area contributed by atoms with Crippen LogP contribution >= 0.6 is 0 Å². The third kappa shape index (κ3) is 3.53. The number of amides is 1. The van der Waals surface area contributed by atoms with Crippen molar-refractivity contribution in [2.75, 3.05) is 6.54 Å². The Hall–Kier alpha value is -1.98. The second-order valence-electron chi connectivity index (χ2n) is 4.95. The molecule has 0 radical (unpaired) electrons. The maximum atomic E-state index is 13.7. The van der Waals surface area contributed by atoms with E-state index in [2.05, 4.69) is 5.32 Å². The highest BCUT2D eigenvalue weighted by atomic mass is 19.1. The van der Waals surface area contributed by atoms with Crippen molar-refractivity contribution in [2.24, 2.45) is 11.8 Å². The fourth-order valence-corrected chi connectivity index (χ4v) is 1.76. The van der Waals surface area contributed by atoms with Gasteiger partial charge < -0.3 is 10.4 Å². The van der Waals surface area contributed by atoms with E-state index in [1.807, 2.05) is 0 Å². The number of hydrogen-bond donors (Lipinski definition) is 2. The average Bonchev–Trinajstić information content (AvgIpc) is 2.33. The first kappa shape index (κ1) is 16.1. The number of hydrogen-bond acceptors (Lipinski definition) is 2. The van der Waals surface area contributed by atoms with Crippen LogP contribution in [0.2, 0.25) is 0 Å². The van der Waals surface area contributed by atoms with Gasteiger partial charge in [-0.3, -0.25) is 9.59 Å². The van der Waals surface area contributed by atoms with E-state index < -0.39 is 35.0 Å². The van der Waals surface area contributed by atoms with E-state index in [0.29, 0.717) is 0 Å². The molecule has 1 unspecified atom stereocenters. The number of carbonyl (C=O) groups excluding carboxylic acids is 1. The zero-order valence-corrected chi connectivity index (χ0v) is 11.5. The summed E-state index contributed by atoms with van der Waals surface area (Å²) in [5.74, 6) is -4.93. The van der Waals surface area contributed by atoms with E-state index in [0.717, 1.165) is 6.07 Å². The molecule has 1 aromatic carbocycles. The normalized spacial score (nSPS) is 12.3. The highest BCUT2D eigenvalue weighted by Gasteiger charge is 2.24. The fourth-order valence-electron chi connectivity index (χ4n) is 1.76. The number of carboxylic acid groups (broad SMARTS) is 1. The molecular weight excluding hydrogens is 268 g/mol. The molecule has 0 aromatic heterocycles. The van der Waals surface area contributed by atoms with Gasteiger partial charge in [-0.1, -0.05) is 19.9 Å². The van der Waals surface area contributed by atoms with E-state index in [-0.39, 0.29) is 18.0 Å². The number of rotatable bonds is 5. The largest absolute Gasteiger partial charge is 0.481 e. The summed E-state index contributed by atoms with van der Waals surface area (Å²) >= 11 is 0. The standard InChI is InChI=1S/C14H17F2NO3/c1-7(2)9(14(19)20)6-17-13(18)11-10(15)5-4-8(3)12(11)16/h4-5,7,9H,6H2,1-3H3,(H,17,18)(H,19,20). The van der Waals surface area contributed by atoms with Crippen molar-refractivity contribution >= 4 is 11.9 Å². The Morgan fingerprint density at radius 1 is 1.30 bits per heavy atom. The molecule has 2 N–H and O–H groups in total. The van der Waals surface area contributed by atoms with Crippen LogP contribution in [0.15, 0.2) is 12.1 Å². The number of carboxylic acids is 1. The summed E-state index contributed by atoms with van der Waals surface area (Å²) in [6, 6.07) is 2.24. The van der Waals surface area contributed by atoms with Crippen LogP contribution in [0.4, 0.5) is 8.78 Å². The third-order valence-electron chi connectivity index (χ3n) is 3.12. The topological polar surface area (TPSA) is 66.4 Å². The summed E-state index contributed by atoms with van der Waals surface area (Å²) in [6.07, 6.45) is 0. The van der Waals surface area contributed by atoms with Crippen LogP contribution in [0.5, 0.6) is 0 Å². The third-order valence-corrected chi connectivity index (χ3v) is 3.12. The Morgan fingerprint density at radius 3 is 2.40 bits per heavy atom. The monoisotopic (exact) mass is 285 g/mol. The van der Waals surface area contributed by atoms with Gasteiger partial charge in [-0.25, -0.2) is 8.78 Å². The Labute approximate surface area is 115 Å². The van der Waals surface area contributed by atoms with Gasteiger partial charge in [0.1, 0.15) is 17.2 Å². The molecule has 0 aliphatic heterocycles. The highest BCUT2D eigenvalue weighted by molar-refractivity contribution is 5.95. The molecule has 0 fully saturated rings. The molecule has 1 atom stereocenters. The van der Waals surface area contributed by atoms with Crippen molar-refractivity contribution in [1.29, 1.82) is 0 Å². The summed E-state index contributed by atoms with van der Waals surface area (Å²) < 4.78 is 27.2. The lowest BCUT2D eigenvalue weighted by atomic mass is 9.96. The van der Waals surface area contributed by atoms with Gasteiger partial charge in [-0.2, -0.15) is 0 Å². The SMILES string of the molecule is Cc1ccc(F)c(C(=O)NCC(C(=O)O)C(C)C)c1F. The molecule has 0 aliphatic rings. The minimum Gasteiger partial charge on any atom is -0.481 e. The number of halogens is 2. The summed E-state index contributed by atoms with van der Waals surface area (Å²) in [4.78, 5) is 22.8. The molecular formula is C14H17F2NO3. The fraction of sp³-hybridized carbons (Fsp3) is 0.429. The van der Waals surface area contributed by atoms with Gasteiger partial charge in [0.15, 0.2) is 0 Å². The number of aliphatic carboxylic acids is 1. The molecule has 6 heteroatoms. The van der Waals surface area contributed by atoms with Gasteiger partial charge in [0.25, 0.3) is 5.91 Å². The summed E-state index contributed by atoms with van der Waals surface area (Å²) in [6.45, 7) is 4.62. The van der Waals surface area contributed by atoms with Crippen LogP contribution in [0, 0.1) is 30.4 Å². The van der Waals surface area contributed by atoms with E-state index in [4.69, 9.17) is 5.11 Å². The van der Waals surface area contributed by atoms with E-state index in [9.17, 15) is 18.4 Å². The lowest BCUT2D eigenvalue weighted by Crippen LogP contribution is -2.36. The summed E-state index contributed by atoms with van der Waals surface area (Å²) in [5.41, 5.74) is -0.534. The zero-order chi connectivity index (χ0) is 15.4. The predicted octanol–water partition coefficient (Wildman–Crippen LogP) is 2.36. The second-order valence-corrected chi connectivity index (χ2v) is 4.95. The lowest BCUT2D eigenvalue weighted by Gasteiger charge is -2.17. The molecule has 0 aliphatic carbocycles. The highest BCUT2D eigenvalue weighted by Crippen LogP contribution is 2.17. The van der Waals surface area contributed by atoms with Crippen molar-refractivity contribution < 1.29 is 23.5 Å². The minimum absolute atomic E-state index is 0.148. The van der Waals surface area contributed by atoms with Crippen LogP contribution < -0.4 is 5.32 Å². The summed E-state index contributed by atoms with van der Waals surface area (Å²) in [7, 11) is 0. The van der Waals surface area contributed by atoms with Crippen molar-refractivity contribution in [3.05, 3.63) is 34.9 Å². The average molecular weight is 285 g/mol. The van der Waals surface area contributed by atoms with Crippen LogP contribution in [0.3, 0.4) is 0 Å². The molecule has 0 spiro atoms. The molecule has 1 amide bonds. The quantitative estimate of drug-likeness (QED) is 0.872. The molecule has 0 heterocycles. The van der Waals surface area contributed by atoms with Crippen LogP contribution in [0.1, 0.15) is 29.8 Å². The number of nitrogens with one attached hydrogen (secondary N) is 1. The molecule has 1 rings (SSSR count). The van der Waals surface area contributed by atoms with Crippen molar-refractivity contribution in [1.82, 2.24) is 5.32 Å². The molecule has 1 aromatic rings. The van der Waals surface area contributed by atoms with Crippen molar-refractivity contribution in [3.63, 3.8) is 0 Å². The first-order valence-corrected chi connectivity index (χ1v) is 6.21. The summed E-state index contributed by atoms with van der Waals surface area (Å²) in [5, 5.41) is 11.3. The molecule has 0 bridgehead atoms. The molecule has 4 nitrogen and oxygen atoms in total. The van der Waals surface area contributed by atoms with Crippen LogP contribution in [-0.2, 0) is 4.79 Å². The minimum atomic E-state index is -1.06. The Kier molecular flexibility index (Phi) is 5.19. The zero-order valence-electron chi connectivity index (χ0n) is 11.5. The first-order chi connectivity index (χ1) is 9.25. The number of aryl methyl sites for hydroxylation is 1. The molecule has 0 saturated carbocycles. The molecule has 0 saturated heterocycles. The van der Waals surface area contributed by atoms with E-state index in [1.165, 1.54) is 13.0 Å². The number of benzene rings is 1. The maximum absolute atomic E-state index is 13.7. The Balaban J connectivity index is 2.88. The smallest absolute Gasteiger partial charge is 0.308 e. The first-order valence-electron chi connectivity index (χ1n) is 6.21. The Bertz CT molecular complexity index is 529. The van der Waals surface area contributed by atoms with Crippen LogP contribution in [0.25, 0.3) is 0 Å². The van der Waals surface area contributed by atoms with Crippen molar-refractivity contribution in [2.45, 2.75) is 20.8 Å². The second kappa shape index (κ2) is 6.45. The van der Waals surface area contributed by atoms with Gasteiger partial charge in [0.05, 0.1) is 5.92 Å². The van der Waals surface area contributed by atoms with Crippen molar-refractivity contribution in [3.8, 4) is 0 Å². The van der Waals surface area contributed by atoms with E-state index in [1.54, 1.807) is 13.8 Å². The van der Waals surface area contributed by atoms with Gasteiger partial charge in [0, 0.05) is 6.54 Å². The van der Waals surface area contributed by atoms with Gasteiger partial charge in [-0.15, -0.1) is 0 Å². The van der Waals surface area contributed by atoms with Gasteiger partial charge in [0.2, 0.25) is 0 Å². The van der Waals surface area contributed by atoms with Gasteiger partial charge in [-0.05, 0) is 24.5 Å². The lowest BCUT2D eigenvalue weighted by molar-refractivity contribution is -0.142. The van der Waals surface area contributed by atoms with Gasteiger partial charge >= 0.3 is 5.97 Å². The Morgan fingerprint density at radius 2 is 1.90 bits per heavy atom. The maximum Gasteiger partial charge on any atom is 0.308 e. The van der Waals surface area contributed by atoms with Crippen LogP contribution in [-0.4, -0.2) is 23.5 Å². The number of carbonyl (C=O) groups is 2. The predicted molar refractivity (Wildman–Crippen MR) is 69.4 cm³/mol.